The lowest BCUT2D eigenvalue weighted by atomic mass is 9.33. The minimum Gasteiger partial charge on any atom is -0.456 e. The van der Waals surface area contributed by atoms with Crippen molar-refractivity contribution in [3.8, 4) is 0 Å². The van der Waals surface area contributed by atoms with Gasteiger partial charge in [-0.05, 0) is 192 Å². The maximum Gasteiger partial charge on any atom is 0.252 e. The minimum absolute atomic E-state index is 0.0128. The van der Waals surface area contributed by atoms with Crippen LogP contribution in [0, 0.1) is 6.92 Å². The summed E-state index contributed by atoms with van der Waals surface area (Å²) in [5.41, 5.74) is 29.2. The van der Waals surface area contributed by atoms with Gasteiger partial charge in [-0.1, -0.05) is 215 Å². The van der Waals surface area contributed by atoms with Crippen LogP contribution in [0.15, 0.2) is 174 Å². The van der Waals surface area contributed by atoms with Crippen molar-refractivity contribution < 1.29 is 4.42 Å². The van der Waals surface area contributed by atoms with Gasteiger partial charge in [-0.25, -0.2) is 0 Å². The van der Waals surface area contributed by atoms with Crippen molar-refractivity contribution >= 4 is 96.2 Å². The summed E-state index contributed by atoms with van der Waals surface area (Å²) >= 11 is 0. The molecule has 0 saturated carbocycles. The number of hydrogen-bond acceptors (Lipinski definition) is 4. The normalized spacial score (nSPS) is 16.9. The van der Waals surface area contributed by atoms with Crippen LogP contribution >= 0.6 is 0 Å². The van der Waals surface area contributed by atoms with E-state index in [0.29, 0.717) is 0 Å². The van der Waals surface area contributed by atoms with E-state index in [1.807, 2.05) is 0 Å². The molecule has 0 radical (unpaired) electrons. The smallest absolute Gasteiger partial charge is 0.252 e. The number of furan rings is 1. The highest BCUT2D eigenvalue weighted by Crippen LogP contribution is 2.56. The maximum absolute atomic E-state index is 6.88. The number of fused-ring (bicyclic) bond motifs is 10. The van der Waals surface area contributed by atoms with Gasteiger partial charge in [-0.2, -0.15) is 0 Å². The van der Waals surface area contributed by atoms with Gasteiger partial charge in [0.25, 0.3) is 6.71 Å². The van der Waals surface area contributed by atoms with E-state index in [2.05, 4.69) is 309 Å². The maximum atomic E-state index is 6.88. The van der Waals surface area contributed by atoms with E-state index in [0.717, 1.165) is 63.2 Å². The fraction of sp³-hybridized carbons (Fsp3) is 0.333. The molecule has 2 aliphatic carbocycles. The first-order valence-electron chi connectivity index (χ1n) is 31.7. The Balaban J connectivity index is 1.17. The molecule has 86 heavy (non-hydrogen) atoms. The Kier molecular flexibility index (Phi) is 12.1. The quantitative estimate of drug-likeness (QED) is 0.160. The number of para-hydroxylation sites is 1. The lowest BCUT2D eigenvalue weighted by Crippen LogP contribution is -2.62. The van der Waals surface area contributed by atoms with Gasteiger partial charge >= 0.3 is 0 Å². The second kappa shape index (κ2) is 18.6. The zero-order chi connectivity index (χ0) is 60.7. The highest BCUT2D eigenvalue weighted by molar-refractivity contribution is 7.00. The summed E-state index contributed by atoms with van der Waals surface area (Å²) in [5.74, 6) is 0. The molecule has 14 rings (SSSR count). The first-order chi connectivity index (χ1) is 40.4. The molecule has 0 spiro atoms. The molecular weight excluding hydrogens is 1040 g/mol. The molecular formula is C81H86BN3O. The third-order valence-electron chi connectivity index (χ3n) is 20.9. The van der Waals surface area contributed by atoms with Gasteiger partial charge in [0.2, 0.25) is 0 Å². The fourth-order valence-electron chi connectivity index (χ4n) is 15.6. The number of aryl methyl sites for hydroxylation is 1. The van der Waals surface area contributed by atoms with E-state index in [9.17, 15) is 0 Å². The Morgan fingerprint density at radius 2 is 0.872 bits per heavy atom. The molecule has 2 aliphatic heterocycles. The molecule has 0 unspecified atom stereocenters. The van der Waals surface area contributed by atoms with Crippen LogP contribution in [0.25, 0.3) is 21.9 Å². The van der Waals surface area contributed by atoms with Crippen LogP contribution in [0.2, 0.25) is 0 Å². The molecule has 4 aliphatic rings. The van der Waals surface area contributed by atoms with Gasteiger partial charge in [-0.15, -0.1) is 0 Å². The molecule has 0 bridgehead atoms. The number of rotatable bonds is 5. The Hall–Kier alpha value is -7.76. The van der Waals surface area contributed by atoms with Gasteiger partial charge in [0, 0.05) is 56.0 Å². The second-order valence-corrected chi connectivity index (χ2v) is 31.4. The molecule has 9 aromatic carbocycles. The van der Waals surface area contributed by atoms with E-state index in [4.69, 9.17) is 4.42 Å². The molecule has 0 saturated heterocycles. The Morgan fingerprint density at radius 1 is 0.395 bits per heavy atom. The lowest BCUT2D eigenvalue weighted by Gasteiger charge is -2.49. The minimum atomic E-state index is -0.300. The molecule has 434 valence electrons. The Labute approximate surface area is 513 Å². The molecule has 0 N–H and O–H groups in total. The molecule has 0 amide bonds. The zero-order valence-electron chi connectivity index (χ0n) is 54.4. The second-order valence-electron chi connectivity index (χ2n) is 31.4. The first kappa shape index (κ1) is 56.1. The van der Waals surface area contributed by atoms with E-state index in [1.165, 1.54) is 94.8 Å². The molecule has 5 heteroatoms. The van der Waals surface area contributed by atoms with Crippen LogP contribution < -0.4 is 31.1 Å². The average molecular weight is 1130 g/mol. The zero-order valence-corrected chi connectivity index (χ0v) is 54.4. The predicted octanol–water partition coefficient (Wildman–Crippen LogP) is 20.7. The van der Waals surface area contributed by atoms with Crippen LogP contribution in [0.4, 0.5) is 51.2 Å². The van der Waals surface area contributed by atoms with Crippen molar-refractivity contribution in [1.82, 2.24) is 0 Å². The lowest BCUT2D eigenvalue weighted by molar-refractivity contribution is 0.332. The van der Waals surface area contributed by atoms with Crippen LogP contribution in [0.5, 0.6) is 0 Å². The topological polar surface area (TPSA) is 22.9 Å². The summed E-state index contributed by atoms with van der Waals surface area (Å²) < 4.78 is 6.88. The Bertz CT molecular complexity index is 4370. The Morgan fingerprint density at radius 3 is 1.44 bits per heavy atom. The summed E-state index contributed by atoms with van der Waals surface area (Å²) in [6.07, 6.45) is 2.29. The SMILES string of the molecule is Cc1cc2c(cc1N1c3ccc(C(C)(C)C)cc3B3c4cc5c(cc4N(c4cccc6oc7ccccc7c46)c4cc(N(c6ccc(C(C)(C)C)cc6)c6ccc(C(C)(C)C)cc6)cc1c43)C(C)(C)c1ccccc1C5(C)C)C(C)(C)CCC2(C)C. The molecule has 0 fully saturated rings. The standard InChI is InChI=1S/C81H86BN3O/c1-49-42-59-60(79(13,14)41-40-78(59,11)12)47-67(49)84-65-39-34-52(77(8,9)10)43-63(65)82-64-46-61-62(81(17,18)58-26-21-20-25-57(58)80(61,15)16)48-68(64)85(66-27-23-29-72-73(66)56-24-19-22-28-71(56)86-72)70-45-55(44-69(84)74(70)82)83(53-35-30-50(31-36-53)75(2,3)4)54-37-32-51(33-38-54)76(5,6)7/h19-39,42-48H,40-41H2,1-18H3. The van der Waals surface area contributed by atoms with Crippen LogP contribution in [-0.2, 0) is 37.9 Å². The number of nitrogens with zero attached hydrogens (tertiary/aromatic N) is 3. The first-order valence-corrected chi connectivity index (χ1v) is 31.7. The number of hydrogen-bond donors (Lipinski definition) is 0. The monoisotopic (exact) mass is 1130 g/mol. The van der Waals surface area contributed by atoms with E-state index < -0.39 is 0 Å². The fourth-order valence-corrected chi connectivity index (χ4v) is 15.6. The van der Waals surface area contributed by atoms with Crippen LogP contribution in [0.1, 0.15) is 186 Å². The van der Waals surface area contributed by atoms with E-state index in [-0.39, 0.29) is 44.6 Å². The molecule has 3 heterocycles. The van der Waals surface area contributed by atoms with Crippen molar-refractivity contribution in [2.75, 3.05) is 14.7 Å². The van der Waals surface area contributed by atoms with Crippen molar-refractivity contribution in [1.29, 1.82) is 0 Å². The summed E-state index contributed by atoms with van der Waals surface area (Å²) in [7, 11) is 0. The summed E-state index contributed by atoms with van der Waals surface area (Å²) in [6.45, 7) is 42.9. The summed E-state index contributed by atoms with van der Waals surface area (Å²) in [5, 5.41) is 2.22. The van der Waals surface area contributed by atoms with Crippen molar-refractivity contribution in [3.05, 3.63) is 225 Å². The summed E-state index contributed by atoms with van der Waals surface area (Å²) in [6, 6.07) is 66.5. The highest BCUT2D eigenvalue weighted by atomic mass is 16.3. The number of benzene rings is 9. The number of anilines is 9. The van der Waals surface area contributed by atoms with Gasteiger partial charge in [-0.3, -0.25) is 0 Å². The van der Waals surface area contributed by atoms with Crippen molar-refractivity contribution in [2.24, 2.45) is 0 Å². The predicted molar refractivity (Wildman–Crippen MR) is 369 cm³/mol. The van der Waals surface area contributed by atoms with Crippen molar-refractivity contribution in [3.63, 3.8) is 0 Å². The van der Waals surface area contributed by atoms with Gasteiger partial charge in [0.05, 0.1) is 16.8 Å². The van der Waals surface area contributed by atoms with E-state index >= 15 is 0 Å². The third-order valence-corrected chi connectivity index (χ3v) is 20.9. The molecule has 1 aromatic heterocycles. The molecule has 10 aromatic rings. The molecule has 0 atom stereocenters. The average Bonchev–Trinajstić information content (AvgIpc) is 0.700. The van der Waals surface area contributed by atoms with Crippen LogP contribution in [-0.4, -0.2) is 6.71 Å². The van der Waals surface area contributed by atoms with Gasteiger partial charge < -0.3 is 19.1 Å². The summed E-state index contributed by atoms with van der Waals surface area (Å²) in [4.78, 5) is 7.91. The van der Waals surface area contributed by atoms with Crippen molar-refractivity contribution in [2.45, 2.75) is 175 Å². The van der Waals surface area contributed by atoms with Crippen LogP contribution in [0.3, 0.4) is 0 Å². The van der Waals surface area contributed by atoms with Gasteiger partial charge in [0.1, 0.15) is 11.2 Å². The van der Waals surface area contributed by atoms with Gasteiger partial charge in [0.15, 0.2) is 0 Å². The van der Waals surface area contributed by atoms with E-state index in [1.54, 1.807) is 0 Å². The largest absolute Gasteiger partial charge is 0.456 e. The third kappa shape index (κ3) is 8.43. The molecule has 4 nitrogen and oxygen atoms in total. The highest BCUT2D eigenvalue weighted by Gasteiger charge is 2.49.